The van der Waals surface area contributed by atoms with Gasteiger partial charge in [-0.2, -0.15) is 4.98 Å². The summed E-state index contributed by atoms with van der Waals surface area (Å²) in [4.78, 5) is 9.45. The zero-order chi connectivity index (χ0) is 13.4. The first-order valence-electron chi connectivity index (χ1n) is 7.19. The summed E-state index contributed by atoms with van der Waals surface area (Å²) in [6.45, 7) is 9.84. The van der Waals surface area contributed by atoms with Crippen LogP contribution in [0.25, 0.3) is 0 Å². The van der Waals surface area contributed by atoms with E-state index in [1.807, 2.05) is 0 Å². The number of aromatic nitrogens is 2. The summed E-state index contributed by atoms with van der Waals surface area (Å²) in [5.74, 6) is 1.92. The van der Waals surface area contributed by atoms with Crippen molar-refractivity contribution in [2.75, 3.05) is 32.7 Å². The normalized spacial score (nSPS) is 31.9. The predicted octanol–water partition coefficient (Wildman–Crippen LogP) is 0.788. The first kappa shape index (κ1) is 13.0. The SMILES string of the molecule is CC(C)CC(N)c1nc(C2CN3CCN2CC3)no1. The van der Waals surface area contributed by atoms with Gasteiger partial charge >= 0.3 is 0 Å². The first-order chi connectivity index (χ1) is 9.13. The van der Waals surface area contributed by atoms with E-state index >= 15 is 0 Å². The van der Waals surface area contributed by atoms with Crippen LogP contribution >= 0.6 is 0 Å². The van der Waals surface area contributed by atoms with Crippen LogP contribution < -0.4 is 5.73 Å². The Morgan fingerprint density at radius 1 is 1.32 bits per heavy atom. The summed E-state index contributed by atoms with van der Waals surface area (Å²) in [5, 5.41) is 4.15. The second kappa shape index (κ2) is 5.19. The molecule has 0 radical (unpaired) electrons. The Bertz CT molecular complexity index is 424. The van der Waals surface area contributed by atoms with Crippen LogP contribution in [0.2, 0.25) is 0 Å². The Morgan fingerprint density at radius 3 is 2.63 bits per heavy atom. The molecule has 0 spiro atoms. The lowest BCUT2D eigenvalue weighted by atomic mass is 10.0. The highest BCUT2D eigenvalue weighted by Gasteiger charge is 2.35. The Morgan fingerprint density at radius 2 is 2.05 bits per heavy atom. The van der Waals surface area contributed by atoms with Crippen LogP contribution in [0.5, 0.6) is 0 Å². The first-order valence-corrected chi connectivity index (χ1v) is 7.19. The smallest absolute Gasteiger partial charge is 0.243 e. The van der Waals surface area contributed by atoms with Gasteiger partial charge in [-0.25, -0.2) is 0 Å². The zero-order valence-electron chi connectivity index (χ0n) is 11.7. The number of piperazine rings is 3. The molecule has 0 saturated carbocycles. The summed E-state index contributed by atoms with van der Waals surface area (Å²) in [7, 11) is 0. The highest BCUT2D eigenvalue weighted by molar-refractivity contribution is 5.02. The van der Waals surface area contributed by atoms with Crippen molar-refractivity contribution in [1.29, 1.82) is 0 Å². The molecule has 4 rings (SSSR count). The fraction of sp³-hybridized carbons (Fsp3) is 0.846. The van der Waals surface area contributed by atoms with Crippen LogP contribution in [0.4, 0.5) is 0 Å². The maximum absolute atomic E-state index is 6.09. The van der Waals surface area contributed by atoms with E-state index in [9.17, 15) is 0 Å². The minimum absolute atomic E-state index is 0.141. The number of nitrogens with two attached hydrogens (primary N) is 1. The van der Waals surface area contributed by atoms with Gasteiger partial charge in [0.1, 0.15) is 0 Å². The lowest BCUT2D eigenvalue weighted by molar-refractivity contribution is 0.00781. The molecular weight excluding hydrogens is 242 g/mol. The lowest BCUT2D eigenvalue weighted by Crippen LogP contribution is -2.57. The van der Waals surface area contributed by atoms with Crippen LogP contribution in [-0.4, -0.2) is 52.7 Å². The molecule has 19 heavy (non-hydrogen) atoms. The largest absolute Gasteiger partial charge is 0.338 e. The van der Waals surface area contributed by atoms with Gasteiger partial charge in [0, 0.05) is 32.7 Å². The number of fused-ring (bicyclic) bond motifs is 3. The average Bonchev–Trinajstić information content (AvgIpc) is 2.89. The van der Waals surface area contributed by atoms with Gasteiger partial charge in [-0.3, -0.25) is 9.80 Å². The summed E-state index contributed by atoms with van der Waals surface area (Å²) >= 11 is 0. The van der Waals surface area contributed by atoms with E-state index in [-0.39, 0.29) is 12.1 Å². The van der Waals surface area contributed by atoms with Gasteiger partial charge in [-0.05, 0) is 12.3 Å². The van der Waals surface area contributed by atoms with E-state index < -0.39 is 0 Å². The number of hydrogen-bond donors (Lipinski definition) is 1. The topological polar surface area (TPSA) is 71.4 Å². The molecule has 3 aliphatic heterocycles. The molecule has 6 nitrogen and oxygen atoms in total. The second-order valence-electron chi connectivity index (χ2n) is 6.08. The molecule has 4 heterocycles. The van der Waals surface area contributed by atoms with Crippen LogP contribution in [0.15, 0.2) is 4.52 Å². The van der Waals surface area contributed by atoms with Crippen LogP contribution in [0.3, 0.4) is 0 Å². The number of nitrogens with zero attached hydrogens (tertiary/aromatic N) is 4. The molecule has 3 aliphatic rings. The third kappa shape index (κ3) is 2.66. The molecular formula is C13H23N5O. The minimum atomic E-state index is -0.141. The van der Waals surface area contributed by atoms with Crippen molar-refractivity contribution in [2.45, 2.75) is 32.4 Å². The average molecular weight is 265 g/mol. The van der Waals surface area contributed by atoms with E-state index in [0.717, 1.165) is 45.0 Å². The Labute approximate surface area is 113 Å². The van der Waals surface area contributed by atoms with Gasteiger partial charge < -0.3 is 10.3 Å². The van der Waals surface area contributed by atoms with Gasteiger partial charge in [0.25, 0.3) is 0 Å². The highest BCUT2D eigenvalue weighted by Crippen LogP contribution is 2.28. The van der Waals surface area contributed by atoms with E-state index in [0.29, 0.717) is 11.8 Å². The minimum Gasteiger partial charge on any atom is -0.338 e. The molecule has 1 aromatic rings. The van der Waals surface area contributed by atoms with Gasteiger partial charge in [0.05, 0.1) is 12.1 Å². The second-order valence-corrected chi connectivity index (χ2v) is 6.08. The highest BCUT2D eigenvalue weighted by atomic mass is 16.5. The third-order valence-corrected chi connectivity index (χ3v) is 4.08. The molecule has 2 atom stereocenters. The molecule has 106 valence electrons. The van der Waals surface area contributed by atoms with Crippen molar-refractivity contribution < 1.29 is 4.52 Å². The number of rotatable bonds is 4. The maximum atomic E-state index is 6.09. The van der Waals surface area contributed by atoms with Crippen LogP contribution in [0, 0.1) is 5.92 Å². The van der Waals surface area contributed by atoms with Crippen LogP contribution in [0.1, 0.15) is 44.1 Å². The fourth-order valence-electron chi connectivity index (χ4n) is 3.00. The zero-order valence-corrected chi connectivity index (χ0v) is 11.7. The fourth-order valence-corrected chi connectivity index (χ4v) is 3.00. The van der Waals surface area contributed by atoms with E-state index in [1.165, 1.54) is 0 Å². The van der Waals surface area contributed by atoms with Gasteiger partial charge in [0.15, 0.2) is 5.82 Å². The van der Waals surface area contributed by atoms with E-state index in [1.54, 1.807) is 0 Å². The third-order valence-electron chi connectivity index (χ3n) is 4.08. The summed E-state index contributed by atoms with van der Waals surface area (Å²) in [5.41, 5.74) is 6.09. The predicted molar refractivity (Wildman–Crippen MR) is 71.4 cm³/mol. The van der Waals surface area contributed by atoms with Crippen molar-refractivity contribution in [3.05, 3.63) is 11.7 Å². The Hall–Kier alpha value is -0.980. The summed E-state index contributed by atoms with van der Waals surface area (Å²) in [6.07, 6.45) is 0.877. The molecule has 3 fully saturated rings. The van der Waals surface area contributed by atoms with Crippen molar-refractivity contribution in [2.24, 2.45) is 11.7 Å². The molecule has 2 N–H and O–H groups in total. The molecule has 1 aromatic heterocycles. The maximum Gasteiger partial charge on any atom is 0.243 e. The summed E-state index contributed by atoms with van der Waals surface area (Å²) < 4.78 is 5.36. The number of hydrogen-bond acceptors (Lipinski definition) is 6. The molecule has 0 aromatic carbocycles. The van der Waals surface area contributed by atoms with Crippen molar-refractivity contribution in [1.82, 2.24) is 19.9 Å². The van der Waals surface area contributed by atoms with E-state index in [2.05, 4.69) is 33.8 Å². The lowest BCUT2D eigenvalue weighted by Gasteiger charge is -2.46. The van der Waals surface area contributed by atoms with Crippen molar-refractivity contribution in [3.8, 4) is 0 Å². The molecule has 3 saturated heterocycles. The van der Waals surface area contributed by atoms with Crippen molar-refractivity contribution in [3.63, 3.8) is 0 Å². The van der Waals surface area contributed by atoms with Crippen LogP contribution in [-0.2, 0) is 0 Å². The van der Waals surface area contributed by atoms with Crippen molar-refractivity contribution >= 4 is 0 Å². The summed E-state index contributed by atoms with van der Waals surface area (Å²) in [6, 6.07) is 0.142. The Balaban J connectivity index is 1.71. The monoisotopic (exact) mass is 265 g/mol. The van der Waals surface area contributed by atoms with Gasteiger partial charge in [-0.1, -0.05) is 19.0 Å². The van der Waals surface area contributed by atoms with Gasteiger partial charge in [-0.15, -0.1) is 0 Å². The Kier molecular flexibility index (Phi) is 3.56. The molecule has 0 amide bonds. The molecule has 2 bridgehead atoms. The molecule has 0 aliphatic carbocycles. The van der Waals surface area contributed by atoms with E-state index in [4.69, 9.17) is 10.3 Å². The quantitative estimate of drug-likeness (QED) is 0.867. The van der Waals surface area contributed by atoms with Gasteiger partial charge in [0.2, 0.25) is 5.89 Å². The molecule has 6 heteroatoms. The molecule has 2 unspecified atom stereocenters. The standard InChI is InChI=1S/C13H23N5O/c1-9(2)7-10(14)13-15-12(16-19-13)11-8-17-3-5-18(11)6-4-17/h9-11H,3-8,14H2,1-2H3.